The lowest BCUT2D eigenvalue weighted by Gasteiger charge is -2.13. The zero-order valence-corrected chi connectivity index (χ0v) is 5.22. The average Bonchev–Trinajstić information content (AvgIpc) is 1.87. The van der Waals surface area contributed by atoms with Gasteiger partial charge in [-0.25, -0.2) is 0 Å². The normalized spacial score (nSPS) is 17.4. The van der Waals surface area contributed by atoms with Crippen molar-refractivity contribution in [2.45, 2.75) is 25.8 Å². The minimum Gasteiger partial charge on any atom is -0.394 e. The molecule has 0 aliphatic carbocycles. The van der Waals surface area contributed by atoms with Gasteiger partial charge in [0, 0.05) is 0 Å². The fraction of sp³-hybridized carbons (Fsp3) is 1.00. The van der Waals surface area contributed by atoms with Crippen LogP contribution in [-0.4, -0.2) is 17.3 Å². The van der Waals surface area contributed by atoms with Gasteiger partial charge in [-0.1, -0.05) is 12.1 Å². The summed E-state index contributed by atoms with van der Waals surface area (Å²) < 4.78 is 0. The van der Waals surface area contributed by atoms with Crippen molar-refractivity contribution in [1.29, 1.82) is 0 Å². The molecule has 8 heavy (non-hydrogen) atoms. The molecule has 0 aliphatic rings. The molecule has 0 radical (unpaired) electrons. The van der Waals surface area contributed by atoms with Gasteiger partial charge in [0.05, 0.1) is 6.61 Å². The number of nitroso groups, excluding NO2 is 1. The highest BCUT2D eigenvalue weighted by Gasteiger charge is 2.20. The molecule has 0 bridgehead atoms. The Morgan fingerprint density at radius 2 is 2.25 bits per heavy atom. The molecule has 0 fully saturated rings. The van der Waals surface area contributed by atoms with Gasteiger partial charge >= 0.3 is 0 Å². The Morgan fingerprint density at radius 3 is 2.25 bits per heavy atom. The van der Waals surface area contributed by atoms with Crippen LogP contribution < -0.4 is 0 Å². The molecule has 0 heterocycles. The molecule has 0 aliphatic heterocycles. The van der Waals surface area contributed by atoms with E-state index in [9.17, 15) is 4.91 Å². The number of aliphatic hydroxyl groups is 1. The van der Waals surface area contributed by atoms with Crippen molar-refractivity contribution < 1.29 is 5.11 Å². The van der Waals surface area contributed by atoms with Gasteiger partial charge in [-0.05, 0) is 13.3 Å². The molecule has 1 unspecified atom stereocenters. The lowest BCUT2D eigenvalue weighted by atomic mass is 10.0. The maximum absolute atomic E-state index is 9.88. The van der Waals surface area contributed by atoms with Gasteiger partial charge in [0.2, 0.25) is 0 Å². The third kappa shape index (κ3) is 1.58. The Morgan fingerprint density at radius 1 is 1.75 bits per heavy atom. The Balaban J connectivity index is 3.76. The molecule has 3 heteroatoms. The maximum atomic E-state index is 9.88. The van der Waals surface area contributed by atoms with E-state index in [2.05, 4.69) is 5.18 Å². The molecule has 0 aromatic carbocycles. The molecule has 3 nitrogen and oxygen atoms in total. The summed E-state index contributed by atoms with van der Waals surface area (Å²) in [6, 6.07) is 0. The molecular weight excluding hydrogens is 106 g/mol. The van der Waals surface area contributed by atoms with Crippen LogP contribution in [0.5, 0.6) is 0 Å². The molecule has 0 saturated carbocycles. The third-order valence-corrected chi connectivity index (χ3v) is 1.32. The highest BCUT2D eigenvalue weighted by atomic mass is 16.3. The van der Waals surface area contributed by atoms with Gasteiger partial charge in [-0.15, -0.1) is 0 Å². The van der Waals surface area contributed by atoms with Crippen molar-refractivity contribution in [2.24, 2.45) is 5.18 Å². The minimum atomic E-state index is -0.750. The van der Waals surface area contributed by atoms with Crippen LogP contribution in [0, 0.1) is 4.91 Å². The van der Waals surface area contributed by atoms with E-state index in [4.69, 9.17) is 5.11 Å². The summed E-state index contributed by atoms with van der Waals surface area (Å²) >= 11 is 0. The van der Waals surface area contributed by atoms with Crippen LogP contribution in [0.3, 0.4) is 0 Å². The van der Waals surface area contributed by atoms with E-state index < -0.39 is 5.54 Å². The summed E-state index contributed by atoms with van der Waals surface area (Å²) in [5.74, 6) is 0. The summed E-state index contributed by atoms with van der Waals surface area (Å²) in [6.07, 6.45) is 0.590. The molecule has 0 saturated heterocycles. The monoisotopic (exact) mass is 117 g/mol. The van der Waals surface area contributed by atoms with E-state index in [0.29, 0.717) is 6.42 Å². The van der Waals surface area contributed by atoms with Crippen LogP contribution in [0.15, 0.2) is 5.18 Å². The number of nitrogens with zero attached hydrogens (tertiary/aromatic N) is 1. The zero-order chi connectivity index (χ0) is 6.62. The topological polar surface area (TPSA) is 49.7 Å². The molecule has 0 spiro atoms. The summed E-state index contributed by atoms with van der Waals surface area (Å²) in [7, 11) is 0. The van der Waals surface area contributed by atoms with E-state index in [0.717, 1.165) is 0 Å². The van der Waals surface area contributed by atoms with Crippen molar-refractivity contribution in [3.63, 3.8) is 0 Å². The molecule has 48 valence electrons. The summed E-state index contributed by atoms with van der Waals surface area (Å²) in [5.41, 5.74) is -0.750. The second-order valence-electron chi connectivity index (χ2n) is 2.10. The van der Waals surface area contributed by atoms with Gasteiger partial charge in [-0.3, -0.25) is 0 Å². The molecule has 0 amide bonds. The van der Waals surface area contributed by atoms with E-state index >= 15 is 0 Å². The van der Waals surface area contributed by atoms with Crippen LogP contribution in [-0.2, 0) is 0 Å². The SMILES string of the molecule is CCC(C)(CO)N=O. The van der Waals surface area contributed by atoms with Gasteiger partial charge in [-0.2, -0.15) is 4.91 Å². The predicted octanol–water partition coefficient (Wildman–Crippen LogP) is 0.914. The quantitative estimate of drug-likeness (QED) is 0.558. The predicted molar refractivity (Wildman–Crippen MR) is 31.6 cm³/mol. The zero-order valence-electron chi connectivity index (χ0n) is 5.22. The first-order chi connectivity index (χ1) is 3.68. The standard InChI is InChI=1S/C5H11NO2/c1-3-5(2,4-7)6-8/h7H,3-4H2,1-2H3. The molecule has 0 rings (SSSR count). The smallest absolute Gasteiger partial charge is 0.122 e. The minimum absolute atomic E-state index is 0.160. The third-order valence-electron chi connectivity index (χ3n) is 1.32. The van der Waals surface area contributed by atoms with Crippen LogP contribution >= 0.6 is 0 Å². The second-order valence-corrected chi connectivity index (χ2v) is 2.10. The Hall–Kier alpha value is -0.440. The summed E-state index contributed by atoms with van der Waals surface area (Å²) in [5, 5.41) is 11.2. The highest BCUT2D eigenvalue weighted by molar-refractivity contribution is 4.78. The average molecular weight is 117 g/mol. The van der Waals surface area contributed by atoms with Gasteiger partial charge < -0.3 is 5.11 Å². The van der Waals surface area contributed by atoms with Crippen molar-refractivity contribution in [3.8, 4) is 0 Å². The van der Waals surface area contributed by atoms with Crippen LogP contribution in [0.1, 0.15) is 20.3 Å². The van der Waals surface area contributed by atoms with E-state index in [1.54, 1.807) is 6.92 Å². The van der Waals surface area contributed by atoms with Crippen molar-refractivity contribution in [2.75, 3.05) is 6.61 Å². The van der Waals surface area contributed by atoms with Crippen LogP contribution in [0.4, 0.5) is 0 Å². The van der Waals surface area contributed by atoms with E-state index in [1.165, 1.54) is 0 Å². The molecule has 1 atom stereocenters. The lowest BCUT2D eigenvalue weighted by Crippen LogP contribution is -2.24. The molecule has 0 aromatic rings. The summed E-state index contributed by atoms with van der Waals surface area (Å²) in [6.45, 7) is 3.28. The Kier molecular flexibility index (Phi) is 2.62. The first-order valence-corrected chi connectivity index (χ1v) is 2.64. The summed E-state index contributed by atoms with van der Waals surface area (Å²) in [4.78, 5) is 9.88. The highest BCUT2D eigenvalue weighted by Crippen LogP contribution is 2.11. The molecular formula is C5H11NO2. The first kappa shape index (κ1) is 7.56. The van der Waals surface area contributed by atoms with Crippen LogP contribution in [0.2, 0.25) is 0 Å². The second kappa shape index (κ2) is 2.77. The van der Waals surface area contributed by atoms with E-state index in [-0.39, 0.29) is 6.61 Å². The fourth-order valence-corrected chi connectivity index (χ4v) is 0.205. The number of hydrogen-bond acceptors (Lipinski definition) is 3. The van der Waals surface area contributed by atoms with E-state index in [1.807, 2.05) is 6.92 Å². The first-order valence-electron chi connectivity index (χ1n) is 2.64. The maximum Gasteiger partial charge on any atom is 0.122 e. The Labute approximate surface area is 48.7 Å². The Bertz CT molecular complexity index is 78.5. The molecule has 1 N–H and O–H groups in total. The van der Waals surface area contributed by atoms with Crippen LogP contribution in [0.25, 0.3) is 0 Å². The lowest BCUT2D eigenvalue weighted by molar-refractivity contribution is 0.205. The number of hydrogen-bond donors (Lipinski definition) is 1. The van der Waals surface area contributed by atoms with Gasteiger partial charge in [0.1, 0.15) is 5.54 Å². The van der Waals surface area contributed by atoms with Gasteiger partial charge in [0.15, 0.2) is 0 Å². The van der Waals surface area contributed by atoms with Crippen molar-refractivity contribution >= 4 is 0 Å². The van der Waals surface area contributed by atoms with Crippen molar-refractivity contribution in [1.82, 2.24) is 0 Å². The van der Waals surface area contributed by atoms with Gasteiger partial charge in [0.25, 0.3) is 0 Å². The van der Waals surface area contributed by atoms with Crippen molar-refractivity contribution in [3.05, 3.63) is 4.91 Å². The number of aliphatic hydroxyl groups excluding tert-OH is 1. The number of rotatable bonds is 3. The fourth-order valence-electron chi connectivity index (χ4n) is 0.205. The molecule has 0 aromatic heterocycles. The largest absolute Gasteiger partial charge is 0.394 e.